The Balaban J connectivity index is 1.79. The van der Waals surface area contributed by atoms with Crippen molar-refractivity contribution in [2.45, 2.75) is 31.8 Å². The van der Waals surface area contributed by atoms with Crippen LogP contribution in [0.2, 0.25) is 0 Å². The fraction of sp³-hybridized carbons (Fsp3) is 0.650. The predicted molar refractivity (Wildman–Crippen MR) is 98.2 cm³/mol. The van der Waals surface area contributed by atoms with Crippen LogP contribution in [-0.2, 0) is 4.74 Å². The van der Waals surface area contributed by atoms with Gasteiger partial charge in [-0.25, -0.2) is 4.79 Å². The molecule has 1 heterocycles. The Labute approximate surface area is 155 Å². The summed E-state index contributed by atoms with van der Waals surface area (Å²) in [4.78, 5) is 15.2. The molecule has 2 fully saturated rings. The summed E-state index contributed by atoms with van der Waals surface area (Å²) in [6.07, 6.45) is 4.47. The Bertz CT molecular complexity index is 622. The molecule has 0 spiro atoms. The van der Waals surface area contributed by atoms with E-state index >= 15 is 0 Å². The molecule has 3 atom stereocenters. The Kier molecular flexibility index (Phi) is 5.91. The van der Waals surface area contributed by atoms with E-state index in [1.807, 2.05) is 0 Å². The Morgan fingerprint density at radius 1 is 1.04 bits per heavy atom. The second kappa shape index (κ2) is 8.16. The normalized spacial score (nSPS) is 25.9. The largest absolute Gasteiger partial charge is 0.493 e. The van der Waals surface area contributed by atoms with E-state index in [9.17, 15) is 4.79 Å². The molecule has 1 aliphatic heterocycles. The van der Waals surface area contributed by atoms with Crippen LogP contribution >= 0.6 is 0 Å². The Hall–Kier alpha value is -1.95. The van der Waals surface area contributed by atoms with Gasteiger partial charge in [0, 0.05) is 12.5 Å². The van der Waals surface area contributed by atoms with E-state index in [-0.39, 0.29) is 12.1 Å². The topological polar surface area (TPSA) is 57.2 Å². The van der Waals surface area contributed by atoms with Crippen LogP contribution in [0.15, 0.2) is 12.1 Å². The molecule has 0 aromatic heterocycles. The standard InChI is InChI=1S/C20H29NO5/c1-21-9-8-13-6-5-7-16(15(13)12-21)26-20(22)14-10-17(23-2)19(25-4)18(11-14)24-3/h10-11,13,15-16H,5-9,12H2,1-4H3/t13-,15-,16-/m1/s1. The predicted octanol–water partition coefficient (Wildman–Crippen LogP) is 2.99. The third kappa shape index (κ3) is 3.75. The molecular formula is C20H29NO5. The quantitative estimate of drug-likeness (QED) is 0.750. The summed E-state index contributed by atoms with van der Waals surface area (Å²) in [6.45, 7) is 2.13. The number of likely N-dealkylation sites (tertiary alicyclic amines) is 1. The van der Waals surface area contributed by atoms with E-state index < -0.39 is 0 Å². The van der Waals surface area contributed by atoms with Gasteiger partial charge < -0.3 is 23.8 Å². The number of piperidine rings is 1. The zero-order valence-corrected chi connectivity index (χ0v) is 16.1. The van der Waals surface area contributed by atoms with Crippen LogP contribution in [0.25, 0.3) is 0 Å². The maximum Gasteiger partial charge on any atom is 0.338 e. The molecule has 1 saturated heterocycles. The van der Waals surface area contributed by atoms with Crippen LogP contribution in [-0.4, -0.2) is 58.4 Å². The van der Waals surface area contributed by atoms with E-state index in [0.717, 1.165) is 25.9 Å². The van der Waals surface area contributed by atoms with E-state index in [0.29, 0.717) is 34.6 Å². The van der Waals surface area contributed by atoms with Gasteiger partial charge in [-0.05, 0) is 57.3 Å². The smallest absolute Gasteiger partial charge is 0.338 e. The lowest BCUT2D eigenvalue weighted by Gasteiger charge is -2.43. The first-order valence-corrected chi connectivity index (χ1v) is 9.27. The van der Waals surface area contributed by atoms with Crippen molar-refractivity contribution in [2.75, 3.05) is 41.5 Å². The van der Waals surface area contributed by atoms with Crippen LogP contribution in [0.1, 0.15) is 36.0 Å². The minimum Gasteiger partial charge on any atom is -0.493 e. The number of hydrogen-bond acceptors (Lipinski definition) is 6. The Morgan fingerprint density at radius 3 is 2.35 bits per heavy atom. The van der Waals surface area contributed by atoms with Crippen molar-refractivity contribution in [3.05, 3.63) is 17.7 Å². The highest BCUT2D eigenvalue weighted by molar-refractivity contribution is 5.91. The van der Waals surface area contributed by atoms with Gasteiger partial charge in [0.1, 0.15) is 6.10 Å². The van der Waals surface area contributed by atoms with Crippen LogP contribution in [0.3, 0.4) is 0 Å². The Morgan fingerprint density at radius 2 is 1.73 bits per heavy atom. The molecule has 1 aromatic carbocycles. The molecule has 2 aliphatic rings. The monoisotopic (exact) mass is 363 g/mol. The first kappa shape index (κ1) is 18.8. The lowest BCUT2D eigenvalue weighted by molar-refractivity contribution is -0.0366. The average molecular weight is 363 g/mol. The number of carbonyl (C=O) groups excluding carboxylic acids is 1. The molecule has 0 unspecified atom stereocenters. The number of esters is 1. The van der Waals surface area contributed by atoms with E-state index in [1.54, 1.807) is 19.2 Å². The van der Waals surface area contributed by atoms with Crippen molar-refractivity contribution < 1.29 is 23.7 Å². The number of carbonyl (C=O) groups is 1. The molecule has 3 rings (SSSR count). The second-order valence-corrected chi connectivity index (χ2v) is 7.26. The number of benzene rings is 1. The zero-order valence-electron chi connectivity index (χ0n) is 16.1. The van der Waals surface area contributed by atoms with E-state index in [4.69, 9.17) is 18.9 Å². The van der Waals surface area contributed by atoms with Crippen LogP contribution in [0.5, 0.6) is 17.2 Å². The molecule has 26 heavy (non-hydrogen) atoms. The minimum atomic E-state index is -0.330. The van der Waals surface area contributed by atoms with Crippen LogP contribution < -0.4 is 14.2 Å². The maximum atomic E-state index is 12.8. The molecule has 6 nitrogen and oxygen atoms in total. The van der Waals surface area contributed by atoms with Crippen molar-refractivity contribution in [3.8, 4) is 17.2 Å². The number of hydrogen-bond donors (Lipinski definition) is 0. The van der Waals surface area contributed by atoms with E-state index in [1.165, 1.54) is 27.1 Å². The molecular weight excluding hydrogens is 334 g/mol. The zero-order chi connectivity index (χ0) is 18.7. The number of rotatable bonds is 5. The lowest BCUT2D eigenvalue weighted by atomic mass is 9.73. The molecule has 0 N–H and O–H groups in total. The highest BCUT2D eigenvalue weighted by Crippen LogP contribution is 2.40. The minimum absolute atomic E-state index is 0.0249. The average Bonchev–Trinajstić information content (AvgIpc) is 2.67. The fourth-order valence-corrected chi connectivity index (χ4v) is 4.33. The molecule has 6 heteroatoms. The van der Waals surface area contributed by atoms with Crippen LogP contribution in [0, 0.1) is 11.8 Å². The van der Waals surface area contributed by atoms with Crippen molar-refractivity contribution >= 4 is 5.97 Å². The van der Waals surface area contributed by atoms with Gasteiger partial charge in [0.05, 0.1) is 26.9 Å². The SMILES string of the molecule is COc1cc(C(=O)O[C@@H]2CCC[C@@H]3CCN(C)C[C@H]32)cc(OC)c1OC. The summed E-state index contributed by atoms with van der Waals surface area (Å²) in [5, 5.41) is 0. The first-order chi connectivity index (χ1) is 12.6. The van der Waals surface area contributed by atoms with Crippen molar-refractivity contribution in [1.29, 1.82) is 0 Å². The van der Waals surface area contributed by atoms with Gasteiger partial charge in [-0.3, -0.25) is 0 Å². The number of nitrogens with zero attached hydrogens (tertiary/aromatic N) is 1. The summed E-state index contributed by atoms with van der Waals surface area (Å²) in [5.41, 5.74) is 0.422. The van der Waals surface area contributed by atoms with Gasteiger partial charge in [-0.15, -0.1) is 0 Å². The molecule has 0 bridgehead atoms. The first-order valence-electron chi connectivity index (χ1n) is 9.27. The van der Waals surface area contributed by atoms with Gasteiger partial charge in [0.2, 0.25) is 5.75 Å². The third-order valence-corrected chi connectivity index (χ3v) is 5.71. The summed E-state index contributed by atoms with van der Waals surface area (Å²) < 4.78 is 21.9. The summed E-state index contributed by atoms with van der Waals surface area (Å²) in [5.74, 6) is 2.14. The van der Waals surface area contributed by atoms with Gasteiger partial charge in [0.15, 0.2) is 11.5 Å². The van der Waals surface area contributed by atoms with Crippen molar-refractivity contribution in [3.63, 3.8) is 0 Å². The van der Waals surface area contributed by atoms with Crippen LogP contribution in [0.4, 0.5) is 0 Å². The van der Waals surface area contributed by atoms with Crippen molar-refractivity contribution in [2.24, 2.45) is 11.8 Å². The fourth-order valence-electron chi connectivity index (χ4n) is 4.33. The third-order valence-electron chi connectivity index (χ3n) is 5.71. The lowest BCUT2D eigenvalue weighted by Crippen LogP contribution is -2.47. The molecule has 1 aliphatic carbocycles. The number of ether oxygens (including phenoxy) is 4. The molecule has 1 aromatic rings. The highest BCUT2D eigenvalue weighted by Gasteiger charge is 2.38. The van der Waals surface area contributed by atoms with E-state index in [2.05, 4.69) is 11.9 Å². The highest BCUT2D eigenvalue weighted by atomic mass is 16.5. The van der Waals surface area contributed by atoms with Gasteiger partial charge in [-0.1, -0.05) is 0 Å². The maximum absolute atomic E-state index is 12.8. The molecule has 144 valence electrons. The van der Waals surface area contributed by atoms with Gasteiger partial charge >= 0.3 is 5.97 Å². The number of methoxy groups -OCH3 is 3. The summed E-state index contributed by atoms with van der Waals surface area (Å²) in [6, 6.07) is 3.30. The van der Waals surface area contributed by atoms with Gasteiger partial charge in [0.25, 0.3) is 0 Å². The molecule has 0 amide bonds. The molecule has 0 radical (unpaired) electrons. The second-order valence-electron chi connectivity index (χ2n) is 7.26. The molecule has 1 saturated carbocycles. The van der Waals surface area contributed by atoms with Crippen molar-refractivity contribution in [1.82, 2.24) is 4.90 Å². The van der Waals surface area contributed by atoms with Gasteiger partial charge in [-0.2, -0.15) is 0 Å². The summed E-state index contributed by atoms with van der Waals surface area (Å²) in [7, 11) is 6.76. The number of fused-ring (bicyclic) bond motifs is 1. The summed E-state index contributed by atoms with van der Waals surface area (Å²) >= 11 is 0.